The van der Waals surface area contributed by atoms with E-state index in [4.69, 9.17) is 4.84 Å². The van der Waals surface area contributed by atoms with Gasteiger partial charge < -0.3 is 4.84 Å². The van der Waals surface area contributed by atoms with E-state index in [2.05, 4.69) is 32.9 Å². The third-order valence-electron chi connectivity index (χ3n) is 3.27. The van der Waals surface area contributed by atoms with E-state index < -0.39 is 0 Å². The van der Waals surface area contributed by atoms with Crippen molar-refractivity contribution < 1.29 is 4.84 Å². The molecular formula is C15H29NO. The number of nitrogens with zero attached hydrogens (tertiary/aromatic N) is 1. The highest BCUT2D eigenvalue weighted by atomic mass is 16.6. The molecule has 2 heteroatoms. The molecule has 100 valence electrons. The minimum Gasteiger partial charge on any atom is -0.396 e. The molecule has 0 atom stereocenters. The molecule has 0 aromatic carbocycles. The van der Waals surface area contributed by atoms with E-state index in [9.17, 15) is 0 Å². The van der Waals surface area contributed by atoms with Crippen molar-refractivity contribution in [1.29, 1.82) is 0 Å². The molecule has 1 saturated carbocycles. The Balaban J connectivity index is 2.59. The Morgan fingerprint density at radius 2 is 1.82 bits per heavy atom. The molecule has 0 N–H and O–H groups in total. The molecule has 0 amide bonds. The van der Waals surface area contributed by atoms with Crippen molar-refractivity contribution in [2.75, 3.05) is 6.61 Å². The van der Waals surface area contributed by atoms with Gasteiger partial charge >= 0.3 is 0 Å². The lowest BCUT2D eigenvalue weighted by Gasteiger charge is -2.27. The summed E-state index contributed by atoms with van der Waals surface area (Å²) in [6, 6.07) is 0. The summed E-state index contributed by atoms with van der Waals surface area (Å²) in [4.78, 5) is 5.43. The SMILES string of the molecule is CCCO/N=C(\CC(C)(C)C)C1CCCCC1. The van der Waals surface area contributed by atoms with E-state index in [-0.39, 0.29) is 0 Å². The van der Waals surface area contributed by atoms with Crippen LogP contribution in [0.3, 0.4) is 0 Å². The van der Waals surface area contributed by atoms with Crippen LogP contribution in [-0.4, -0.2) is 12.3 Å². The van der Waals surface area contributed by atoms with Crippen molar-refractivity contribution in [3.8, 4) is 0 Å². The van der Waals surface area contributed by atoms with Crippen LogP contribution in [0.25, 0.3) is 0 Å². The first-order chi connectivity index (χ1) is 8.03. The van der Waals surface area contributed by atoms with Gasteiger partial charge in [0.1, 0.15) is 6.61 Å². The smallest absolute Gasteiger partial charge is 0.116 e. The second-order valence-corrected chi connectivity index (χ2v) is 6.49. The van der Waals surface area contributed by atoms with Gasteiger partial charge in [-0.25, -0.2) is 0 Å². The minimum atomic E-state index is 0.311. The molecule has 0 aliphatic heterocycles. The summed E-state index contributed by atoms with van der Waals surface area (Å²) in [5.41, 5.74) is 1.62. The van der Waals surface area contributed by atoms with Crippen LogP contribution in [-0.2, 0) is 4.84 Å². The highest BCUT2D eigenvalue weighted by Gasteiger charge is 2.24. The van der Waals surface area contributed by atoms with Gasteiger partial charge in [0.25, 0.3) is 0 Å². The van der Waals surface area contributed by atoms with Crippen molar-refractivity contribution in [3.63, 3.8) is 0 Å². The Morgan fingerprint density at radius 3 is 2.35 bits per heavy atom. The fourth-order valence-electron chi connectivity index (χ4n) is 2.45. The van der Waals surface area contributed by atoms with Crippen LogP contribution in [0.4, 0.5) is 0 Å². The van der Waals surface area contributed by atoms with E-state index in [1.807, 2.05) is 0 Å². The van der Waals surface area contributed by atoms with Crippen molar-refractivity contribution in [2.45, 2.75) is 72.6 Å². The Hall–Kier alpha value is -0.530. The maximum atomic E-state index is 5.43. The minimum absolute atomic E-state index is 0.311. The average molecular weight is 239 g/mol. The van der Waals surface area contributed by atoms with Gasteiger partial charge in [0, 0.05) is 5.92 Å². The number of hydrogen-bond donors (Lipinski definition) is 0. The maximum Gasteiger partial charge on any atom is 0.116 e. The Labute approximate surface area is 107 Å². The van der Waals surface area contributed by atoms with E-state index in [0.717, 1.165) is 19.4 Å². The topological polar surface area (TPSA) is 21.6 Å². The van der Waals surface area contributed by atoms with Gasteiger partial charge in [-0.2, -0.15) is 0 Å². The summed E-state index contributed by atoms with van der Waals surface area (Å²) >= 11 is 0. The van der Waals surface area contributed by atoms with E-state index >= 15 is 0 Å². The quantitative estimate of drug-likeness (QED) is 0.384. The lowest BCUT2D eigenvalue weighted by Crippen LogP contribution is -2.23. The standard InChI is InChI=1S/C15H29NO/c1-5-11-17-16-14(12-15(2,3)4)13-9-7-6-8-10-13/h13H,5-12H2,1-4H3/b16-14+. The largest absolute Gasteiger partial charge is 0.396 e. The lowest BCUT2D eigenvalue weighted by atomic mass is 9.79. The van der Waals surface area contributed by atoms with Crippen molar-refractivity contribution in [3.05, 3.63) is 0 Å². The molecule has 0 heterocycles. The molecule has 2 nitrogen and oxygen atoms in total. The fourth-order valence-corrected chi connectivity index (χ4v) is 2.45. The van der Waals surface area contributed by atoms with Gasteiger partial charge in [-0.15, -0.1) is 0 Å². The number of hydrogen-bond acceptors (Lipinski definition) is 2. The van der Waals surface area contributed by atoms with Crippen LogP contribution in [0.5, 0.6) is 0 Å². The Bertz CT molecular complexity index is 234. The van der Waals surface area contributed by atoms with Crippen LogP contribution >= 0.6 is 0 Å². The van der Waals surface area contributed by atoms with Crippen LogP contribution in [0.1, 0.15) is 72.6 Å². The van der Waals surface area contributed by atoms with Gasteiger partial charge in [-0.05, 0) is 31.1 Å². The first-order valence-electron chi connectivity index (χ1n) is 7.21. The molecule has 0 radical (unpaired) electrons. The highest BCUT2D eigenvalue weighted by molar-refractivity contribution is 5.86. The van der Waals surface area contributed by atoms with Gasteiger partial charge in [-0.1, -0.05) is 52.1 Å². The van der Waals surface area contributed by atoms with Crippen LogP contribution < -0.4 is 0 Å². The summed E-state index contributed by atoms with van der Waals surface area (Å²) < 4.78 is 0. The Kier molecular flexibility index (Phi) is 6.01. The zero-order valence-corrected chi connectivity index (χ0v) is 12.1. The van der Waals surface area contributed by atoms with Gasteiger partial charge in [0.15, 0.2) is 0 Å². The lowest BCUT2D eigenvalue weighted by molar-refractivity contribution is 0.140. The molecule has 1 rings (SSSR count). The molecule has 0 spiro atoms. The van der Waals surface area contributed by atoms with E-state index in [0.29, 0.717) is 11.3 Å². The molecule has 1 aliphatic carbocycles. The first-order valence-corrected chi connectivity index (χ1v) is 7.21. The van der Waals surface area contributed by atoms with Gasteiger partial charge in [-0.3, -0.25) is 0 Å². The zero-order valence-electron chi connectivity index (χ0n) is 12.1. The molecule has 0 saturated heterocycles. The normalized spacial score (nSPS) is 19.4. The third-order valence-corrected chi connectivity index (χ3v) is 3.27. The molecule has 1 fully saturated rings. The molecule has 17 heavy (non-hydrogen) atoms. The summed E-state index contributed by atoms with van der Waals surface area (Å²) in [6.07, 6.45) is 8.85. The van der Waals surface area contributed by atoms with E-state index in [1.54, 1.807) is 0 Å². The highest BCUT2D eigenvalue weighted by Crippen LogP contribution is 2.30. The molecule has 0 aromatic rings. The third kappa shape index (κ3) is 6.09. The van der Waals surface area contributed by atoms with Crippen LogP contribution in [0.15, 0.2) is 5.16 Å². The first kappa shape index (κ1) is 14.5. The summed E-state index contributed by atoms with van der Waals surface area (Å²) in [5, 5.41) is 4.44. The molecule has 0 bridgehead atoms. The predicted molar refractivity (Wildman–Crippen MR) is 74.3 cm³/mol. The second kappa shape index (κ2) is 7.03. The van der Waals surface area contributed by atoms with Gasteiger partial charge in [0.05, 0.1) is 5.71 Å². The fraction of sp³-hybridized carbons (Fsp3) is 0.933. The summed E-state index contributed by atoms with van der Waals surface area (Å²) in [5.74, 6) is 0.680. The summed E-state index contributed by atoms with van der Waals surface area (Å²) in [7, 11) is 0. The maximum absolute atomic E-state index is 5.43. The van der Waals surface area contributed by atoms with Crippen molar-refractivity contribution in [1.82, 2.24) is 0 Å². The number of oxime groups is 1. The molecular weight excluding hydrogens is 210 g/mol. The monoisotopic (exact) mass is 239 g/mol. The van der Waals surface area contributed by atoms with Gasteiger partial charge in [0.2, 0.25) is 0 Å². The van der Waals surface area contributed by atoms with E-state index in [1.165, 1.54) is 37.8 Å². The van der Waals surface area contributed by atoms with Crippen molar-refractivity contribution in [2.24, 2.45) is 16.5 Å². The summed E-state index contributed by atoms with van der Waals surface area (Å²) in [6.45, 7) is 9.72. The average Bonchev–Trinajstić information content (AvgIpc) is 2.28. The van der Waals surface area contributed by atoms with Crippen LogP contribution in [0.2, 0.25) is 0 Å². The zero-order chi connectivity index (χ0) is 12.7. The van der Waals surface area contributed by atoms with Crippen molar-refractivity contribution >= 4 is 5.71 Å². The molecule has 1 aliphatic rings. The molecule has 0 unspecified atom stereocenters. The van der Waals surface area contributed by atoms with Crippen LogP contribution in [0, 0.1) is 11.3 Å². The Morgan fingerprint density at radius 1 is 1.18 bits per heavy atom. The second-order valence-electron chi connectivity index (χ2n) is 6.49. The predicted octanol–water partition coefficient (Wildman–Crippen LogP) is 4.79. The number of rotatable bonds is 5. The molecule has 0 aromatic heterocycles.